The summed E-state index contributed by atoms with van der Waals surface area (Å²) >= 11 is 0. The van der Waals surface area contributed by atoms with Crippen molar-refractivity contribution in [2.24, 2.45) is 10.4 Å². The molecule has 0 aromatic heterocycles. The van der Waals surface area contributed by atoms with Gasteiger partial charge in [0.15, 0.2) is 5.96 Å². The predicted octanol–water partition coefficient (Wildman–Crippen LogP) is 1.62. The van der Waals surface area contributed by atoms with Gasteiger partial charge >= 0.3 is 0 Å². The van der Waals surface area contributed by atoms with Crippen LogP contribution in [0.15, 0.2) is 35.3 Å². The van der Waals surface area contributed by atoms with Crippen molar-refractivity contribution < 1.29 is 8.95 Å². The standard InChI is InChI=1S/C18H27N3O2S/c1-19-17(21-10-7-18(14-21)8-11-23-15-18)20-9-12-24(22)13-16-5-3-2-4-6-16/h2-6H,7-15H2,1H3,(H,19,20). The number of nitrogens with one attached hydrogen (secondary N) is 1. The minimum Gasteiger partial charge on any atom is -0.381 e. The lowest BCUT2D eigenvalue weighted by Gasteiger charge is -2.24. The molecule has 2 unspecified atom stereocenters. The normalized spacial score (nSPS) is 25.4. The fourth-order valence-corrected chi connectivity index (χ4v) is 4.57. The average Bonchev–Trinajstić information content (AvgIpc) is 3.23. The maximum atomic E-state index is 12.2. The van der Waals surface area contributed by atoms with Crippen molar-refractivity contribution in [3.63, 3.8) is 0 Å². The van der Waals surface area contributed by atoms with Crippen molar-refractivity contribution in [3.8, 4) is 0 Å². The summed E-state index contributed by atoms with van der Waals surface area (Å²) in [5.41, 5.74) is 1.45. The Morgan fingerprint density at radius 2 is 2.21 bits per heavy atom. The molecule has 1 aromatic carbocycles. The maximum Gasteiger partial charge on any atom is 0.193 e. The first-order chi connectivity index (χ1) is 11.7. The minimum atomic E-state index is -0.855. The SMILES string of the molecule is CN=C(NCCS(=O)Cc1ccccc1)N1CCC2(CCOC2)C1. The van der Waals surface area contributed by atoms with Gasteiger partial charge in [0.05, 0.1) is 6.61 Å². The fourth-order valence-electron chi connectivity index (χ4n) is 3.53. The Kier molecular flexibility index (Phi) is 5.89. The van der Waals surface area contributed by atoms with E-state index in [1.165, 1.54) is 6.42 Å². The van der Waals surface area contributed by atoms with Crippen LogP contribution in [0.2, 0.25) is 0 Å². The predicted molar refractivity (Wildman–Crippen MR) is 98.6 cm³/mol. The largest absolute Gasteiger partial charge is 0.381 e. The Labute approximate surface area is 146 Å². The molecule has 132 valence electrons. The van der Waals surface area contributed by atoms with E-state index in [0.29, 0.717) is 23.5 Å². The van der Waals surface area contributed by atoms with Crippen LogP contribution >= 0.6 is 0 Å². The second kappa shape index (κ2) is 8.12. The van der Waals surface area contributed by atoms with Crippen molar-refractivity contribution in [2.45, 2.75) is 18.6 Å². The lowest BCUT2D eigenvalue weighted by molar-refractivity contribution is 0.156. The summed E-state index contributed by atoms with van der Waals surface area (Å²) in [5, 5.41) is 3.38. The third-order valence-electron chi connectivity index (χ3n) is 4.92. The van der Waals surface area contributed by atoms with Gasteiger partial charge in [-0.2, -0.15) is 0 Å². The van der Waals surface area contributed by atoms with E-state index in [0.717, 1.165) is 44.2 Å². The number of ether oxygens (including phenoxy) is 1. The smallest absolute Gasteiger partial charge is 0.193 e. The third kappa shape index (κ3) is 4.36. The first-order valence-corrected chi connectivity index (χ1v) is 10.1. The van der Waals surface area contributed by atoms with E-state index in [9.17, 15) is 4.21 Å². The van der Waals surface area contributed by atoms with Crippen molar-refractivity contribution >= 4 is 16.8 Å². The highest BCUT2D eigenvalue weighted by Gasteiger charge is 2.42. The van der Waals surface area contributed by atoms with Gasteiger partial charge in [0, 0.05) is 61.0 Å². The van der Waals surface area contributed by atoms with Gasteiger partial charge in [-0.3, -0.25) is 9.20 Å². The van der Waals surface area contributed by atoms with Gasteiger partial charge in [-0.05, 0) is 18.4 Å². The van der Waals surface area contributed by atoms with Crippen LogP contribution in [-0.2, 0) is 21.3 Å². The molecule has 6 heteroatoms. The molecule has 3 rings (SSSR count). The van der Waals surface area contributed by atoms with Crippen LogP contribution in [0.25, 0.3) is 0 Å². The van der Waals surface area contributed by atoms with Gasteiger partial charge in [0.2, 0.25) is 0 Å². The van der Waals surface area contributed by atoms with Crippen LogP contribution in [0, 0.1) is 5.41 Å². The van der Waals surface area contributed by atoms with Gasteiger partial charge in [0.25, 0.3) is 0 Å². The second-order valence-electron chi connectivity index (χ2n) is 6.72. The first kappa shape index (κ1) is 17.4. The summed E-state index contributed by atoms with van der Waals surface area (Å²) < 4.78 is 17.8. The molecule has 0 radical (unpaired) electrons. The molecule has 2 saturated heterocycles. The molecule has 24 heavy (non-hydrogen) atoms. The van der Waals surface area contributed by atoms with E-state index in [4.69, 9.17) is 4.74 Å². The lowest BCUT2D eigenvalue weighted by Crippen LogP contribution is -2.42. The highest BCUT2D eigenvalue weighted by molar-refractivity contribution is 7.84. The maximum absolute atomic E-state index is 12.2. The van der Waals surface area contributed by atoms with Crippen molar-refractivity contribution in [2.75, 3.05) is 45.6 Å². The highest BCUT2D eigenvalue weighted by atomic mass is 32.2. The van der Waals surface area contributed by atoms with Gasteiger partial charge in [-0.1, -0.05) is 30.3 Å². The zero-order valence-electron chi connectivity index (χ0n) is 14.4. The number of benzene rings is 1. The molecule has 1 aromatic rings. The summed E-state index contributed by atoms with van der Waals surface area (Å²) in [6, 6.07) is 10.0. The lowest BCUT2D eigenvalue weighted by atomic mass is 9.87. The van der Waals surface area contributed by atoms with E-state index in [2.05, 4.69) is 15.2 Å². The zero-order valence-corrected chi connectivity index (χ0v) is 15.2. The molecule has 0 saturated carbocycles. The molecule has 2 atom stereocenters. The fraction of sp³-hybridized carbons (Fsp3) is 0.611. The van der Waals surface area contributed by atoms with Crippen molar-refractivity contribution in [3.05, 3.63) is 35.9 Å². The van der Waals surface area contributed by atoms with Gasteiger partial charge in [0.1, 0.15) is 0 Å². The van der Waals surface area contributed by atoms with E-state index in [-0.39, 0.29) is 0 Å². The number of nitrogens with zero attached hydrogens (tertiary/aromatic N) is 2. The molecule has 1 spiro atoms. The summed E-state index contributed by atoms with van der Waals surface area (Å²) in [5.74, 6) is 2.18. The van der Waals surface area contributed by atoms with Crippen LogP contribution in [0.5, 0.6) is 0 Å². The molecular weight excluding hydrogens is 322 g/mol. The number of rotatable bonds is 5. The first-order valence-electron chi connectivity index (χ1n) is 8.63. The Morgan fingerprint density at radius 3 is 2.92 bits per heavy atom. The summed E-state index contributed by atoms with van der Waals surface area (Å²) in [6.07, 6.45) is 2.33. The number of guanidine groups is 1. The zero-order chi connectivity index (χ0) is 16.8. The van der Waals surface area contributed by atoms with Gasteiger partial charge in [-0.15, -0.1) is 0 Å². The van der Waals surface area contributed by atoms with Gasteiger partial charge in [-0.25, -0.2) is 0 Å². The molecule has 5 nitrogen and oxygen atoms in total. The Balaban J connectivity index is 1.42. The molecule has 2 aliphatic heterocycles. The Hall–Kier alpha value is -1.40. The average molecular weight is 350 g/mol. The topological polar surface area (TPSA) is 53.9 Å². The Bertz CT molecular complexity index is 585. The van der Waals surface area contributed by atoms with E-state index in [1.54, 1.807) is 0 Å². The summed E-state index contributed by atoms with van der Waals surface area (Å²) in [7, 11) is 0.963. The van der Waals surface area contributed by atoms with Crippen LogP contribution in [-0.4, -0.2) is 60.7 Å². The number of hydrogen-bond donors (Lipinski definition) is 1. The van der Waals surface area contributed by atoms with Crippen molar-refractivity contribution in [1.82, 2.24) is 10.2 Å². The summed E-state index contributed by atoms with van der Waals surface area (Å²) in [6.45, 7) is 4.49. The number of aliphatic imine (C=N–C) groups is 1. The van der Waals surface area contributed by atoms with Crippen LogP contribution in [0.3, 0.4) is 0 Å². The molecule has 0 aliphatic carbocycles. The number of hydrogen-bond acceptors (Lipinski definition) is 3. The molecule has 0 bridgehead atoms. The molecule has 1 N–H and O–H groups in total. The molecule has 2 aliphatic rings. The molecule has 2 fully saturated rings. The quantitative estimate of drug-likeness (QED) is 0.648. The third-order valence-corrected chi connectivity index (χ3v) is 6.23. The molecule has 2 heterocycles. The molecular formula is C18H27N3O2S. The Morgan fingerprint density at radius 1 is 1.38 bits per heavy atom. The highest BCUT2D eigenvalue weighted by Crippen LogP contribution is 2.38. The van der Waals surface area contributed by atoms with Crippen LogP contribution in [0.1, 0.15) is 18.4 Å². The van der Waals surface area contributed by atoms with Gasteiger partial charge < -0.3 is 15.0 Å². The number of likely N-dealkylation sites (tertiary alicyclic amines) is 1. The second-order valence-corrected chi connectivity index (χ2v) is 8.30. The monoisotopic (exact) mass is 349 g/mol. The molecule has 0 amide bonds. The van der Waals surface area contributed by atoms with E-state index < -0.39 is 10.8 Å². The van der Waals surface area contributed by atoms with E-state index >= 15 is 0 Å². The van der Waals surface area contributed by atoms with Crippen molar-refractivity contribution in [1.29, 1.82) is 0 Å². The van der Waals surface area contributed by atoms with Crippen LogP contribution in [0.4, 0.5) is 0 Å². The van der Waals surface area contributed by atoms with Crippen LogP contribution < -0.4 is 5.32 Å². The van der Waals surface area contributed by atoms with E-state index in [1.807, 2.05) is 37.4 Å². The summed E-state index contributed by atoms with van der Waals surface area (Å²) in [4.78, 5) is 6.71. The minimum absolute atomic E-state index is 0.327.